The van der Waals surface area contributed by atoms with Gasteiger partial charge in [-0.15, -0.1) is 11.3 Å². The van der Waals surface area contributed by atoms with Gasteiger partial charge in [-0.1, -0.05) is 6.42 Å². The minimum atomic E-state index is -1.82. The molecule has 0 aliphatic carbocycles. The van der Waals surface area contributed by atoms with Crippen molar-refractivity contribution in [2.75, 3.05) is 31.6 Å². The van der Waals surface area contributed by atoms with E-state index in [0.29, 0.717) is 28.4 Å². The highest BCUT2D eigenvalue weighted by molar-refractivity contribution is 7.15. The maximum atomic E-state index is 12.5. The Kier molecular flexibility index (Phi) is 9.41. The molecule has 1 fully saturated rings. The molecule has 0 atom stereocenters. The zero-order valence-electron chi connectivity index (χ0n) is 17.9. The first kappa shape index (κ1) is 25.1. The number of esters is 1. The lowest BCUT2D eigenvalue weighted by Crippen LogP contribution is -2.36. The van der Waals surface area contributed by atoms with Crippen LogP contribution in [0.4, 0.5) is 5.00 Å². The summed E-state index contributed by atoms with van der Waals surface area (Å²) < 4.78 is 10.8. The molecular formula is C21H26N2O8S. The number of aryl methyl sites for hydroxylation is 1. The normalized spacial score (nSPS) is 13.6. The molecular weight excluding hydrogens is 440 g/mol. The van der Waals surface area contributed by atoms with Gasteiger partial charge >= 0.3 is 17.9 Å². The van der Waals surface area contributed by atoms with Gasteiger partial charge in [0.15, 0.2) is 0 Å². The minimum Gasteiger partial charge on any atom is -0.473 e. The highest BCUT2D eigenvalue weighted by atomic mass is 32.1. The number of ether oxygens (including phenoxy) is 1. The van der Waals surface area contributed by atoms with Crippen molar-refractivity contribution < 1.29 is 38.5 Å². The van der Waals surface area contributed by atoms with Crippen LogP contribution in [0.15, 0.2) is 21.9 Å². The molecule has 0 aromatic carbocycles. The van der Waals surface area contributed by atoms with Crippen LogP contribution >= 0.6 is 11.3 Å². The molecule has 174 valence electrons. The zero-order chi connectivity index (χ0) is 23.7. The molecule has 3 N–H and O–H groups in total. The van der Waals surface area contributed by atoms with Gasteiger partial charge in [0.25, 0.3) is 0 Å². The summed E-state index contributed by atoms with van der Waals surface area (Å²) in [6.07, 6.45) is 3.48. The second kappa shape index (κ2) is 12.0. The Hall–Kier alpha value is -3.18. The molecule has 1 aliphatic rings. The quantitative estimate of drug-likeness (QED) is 0.432. The molecule has 0 saturated carbocycles. The fourth-order valence-corrected chi connectivity index (χ4v) is 4.06. The van der Waals surface area contributed by atoms with E-state index in [9.17, 15) is 9.59 Å². The summed E-state index contributed by atoms with van der Waals surface area (Å²) in [5.74, 6) is -2.85. The summed E-state index contributed by atoms with van der Waals surface area (Å²) in [5, 5.41) is 20.0. The van der Waals surface area contributed by atoms with Gasteiger partial charge in [0, 0.05) is 10.9 Å². The maximum absolute atomic E-state index is 12.5. The van der Waals surface area contributed by atoms with Crippen molar-refractivity contribution >= 4 is 40.2 Å². The van der Waals surface area contributed by atoms with E-state index in [1.807, 2.05) is 24.4 Å². The lowest BCUT2D eigenvalue weighted by molar-refractivity contribution is -0.159. The molecule has 0 radical (unpaired) electrons. The van der Waals surface area contributed by atoms with Crippen LogP contribution in [-0.2, 0) is 19.1 Å². The van der Waals surface area contributed by atoms with Crippen LogP contribution in [-0.4, -0.2) is 65.2 Å². The molecule has 0 unspecified atom stereocenters. The number of hydrogen-bond donors (Lipinski definition) is 3. The predicted octanol–water partition coefficient (Wildman–Crippen LogP) is 3.07. The Labute approximate surface area is 188 Å². The third-order valence-electron chi connectivity index (χ3n) is 4.53. The summed E-state index contributed by atoms with van der Waals surface area (Å²) in [7, 11) is 0. The number of thiophene rings is 1. The molecule has 0 spiro atoms. The van der Waals surface area contributed by atoms with Gasteiger partial charge in [0.05, 0.1) is 13.2 Å². The number of carbonyl (C=O) groups excluding carboxylic acids is 2. The Morgan fingerprint density at radius 2 is 1.78 bits per heavy atom. The molecule has 11 heteroatoms. The first-order valence-corrected chi connectivity index (χ1v) is 10.9. The van der Waals surface area contributed by atoms with E-state index < -0.39 is 17.9 Å². The number of piperidine rings is 1. The van der Waals surface area contributed by atoms with Gasteiger partial charge in [-0.3, -0.25) is 9.69 Å². The van der Waals surface area contributed by atoms with Crippen molar-refractivity contribution in [1.82, 2.24) is 4.90 Å². The summed E-state index contributed by atoms with van der Waals surface area (Å²) in [6.45, 7) is 6.11. The number of carboxylic acid groups (broad SMARTS) is 2. The Morgan fingerprint density at radius 1 is 1.12 bits per heavy atom. The number of carboxylic acids is 2. The lowest BCUT2D eigenvalue weighted by atomic mass is 10.1. The van der Waals surface area contributed by atoms with Gasteiger partial charge in [-0.2, -0.15) is 0 Å². The number of carbonyl (C=O) groups is 4. The van der Waals surface area contributed by atoms with Crippen molar-refractivity contribution in [2.24, 2.45) is 0 Å². The number of rotatable bonds is 6. The third kappa shape index (κ3) is 7.20. The number of nitrogens with one attached hydrogen (secondary N) is 1. The first-order valence-electron chi connectivity index (χ1n) is 10.1. The van der Waals surface area contributed by atoms with Gasteiger partial charge in [-0.25, -0.2) is 14.4 Å². The van der Waals surface area contributed by atoms with Crippen molar-refractivity contribution in [1.29, 1.82) is 0 Å². The van der Waals surface area contributed by atoms with E-state index in [1.54, 1.807) is 6.92 Å². The Bertz CT molecular complexity index is 947. The molecule has 2 aromatic rings. The smallest absolute Gasteiger partial charge is 0.414 e. The number of anilines is 1. The van der Waals surface area contributed by atoms with Gasteiger partial charge < -0.3 is 24.7 Å². The topological polar surface area (TPSA) is 146 Å². The fraction of sp³-hybridized carbons (Fsp3) is 0.429. The van der Waals surface area contributed by atoms with E-state index >= 15 is 0 Å². The number of aliphatic carboxylic acids is 2. The molecule has 1 saturated heterocycles. The summed E-state index contributed by atoms with van der Waals surface area (Å²) >= 11 is 1.31. The maximum Gasteiger partial charge on any atom is 0.414 e. The lowest BCUT2D eigenvalue weighted by Gasteiger charge is -2.25. The monoisotopic (exact) mass is 466 g/mol. The summed E-state index contributed by atoms with van der Waals surface area (Å²) in [4.78, 5) is 45.3. The van der Waals surface area contributed by atoms with Crippen LogP contribution in [0.25, 0.3) is 11.3 Å². The molecule has 1 amide bonds. The van der Waals surface area contributed by atoms with E-state index in [4.69, 9.17) is 29.0 Å². The van der Waals surface area contributed by atoms with E-state index in [2.05, 4.69) is 10.2 Å². The molecule has 1 aliphatic heterocycles. The second-order valence-corrected chi connectivity index (χ2v) is 7.86. The third-order valence-corrected chi connectivity index (χ3v) is 5.42. The van der Waals surface area contributed by atoms with Crippen LogP contribution in [0, 0.1) is 6.92 Å². The average molecular weight is 467 g/mol. The minimum absolute atomic E-state index is 0.110. The van der Waals surface area contributed by atoms with Gasteiger partial charge in [0.2, 0.25) is 5.91 Å². The second-order valence-electron chi connectivity index (χ2n) is 6.98. The van der Waals surface area contributed by atoms with Crippen LogP contribution in [0.1, 0.15) is 42.3 Å². The number of hydrogen-bond acceptors (Lipinski definition) is 8. The number of nitrogens with zero attached hydrogens (tertiary/aromatic N) is 1. The van der Waals surface area contributed by atoms with Crippen LogP contribution in [0.3, 0.4) is 0 Å². The highest BCUT2D eigenvalue weighted by Crippen LogP contribution is 2.37. The van der Waals surface area contributed by atoms with Gasteiger partial charge in [0.1, 0.15) is 22.1 Å². The predicted molar refractivity (Wildman–Crippen MR) is 117 cm³/mol. The van der Waals surface area contributed by atoms with Crippen molar-refractivity contribution in [3.63, 3.8) is 0 Å². The molecule has 2 aromatic heterocycles. The molecule has 0 bridgehead atoms. The van der Waals surface area contributed by atoms with Gasteiger partial charge in [-0.05, 0) is 51.9 Å². The molecule has 3 rings (SSSR count). The SMILES string of the molecule is CCOC(=O)c1c(-c2ccc(C)o2)csc1NC(=O)CN1CCCCC1.O=C(O)C(=O)O. The highest BCUT2D eigenvalue weighted by Gasteiger charge is 2.25. The van der Waals surface area contributed by atoms with Crippen molar-refractivity contribution in [3.05, 3.63) is 28.8 Å². The Balaban J connectivity index is 0.000000534. The molecule has 32 heavy (non-hydrogen) atoms. The molecule has 3 heterocycles. The van der Waals surface area contributed by atoms with Crippen LogP contribution in [0.2, 0.25) is 0 Å². The Morgan fingerprint density at radius 3 is 2.31 bits per heavy atom. The fourth-order valence-electron chi connectivity index (χ4n) is 3.10. The largest absolute Gasteiger partial charge is 0.473 e. The standard InChI is InChI=1S/C19H24N2O4S.C2H2O4/c1-3-24-19(23)17-14(15-8-7-13(2)25-15)12-26-18(17)20-16(22)11-21-9-5-4-6-10-21;3-1(4)2(5)6/h7-8,12H,3-6,9-11H2,1-2H3,(H,20,22);(H,3,4)(H,5,6). The number of likely N-dealkylation sites (tertiary alicyclic amines) is 1. The first-order chi connectivity index (χ1) is 15.2. The van der Waals surface area contributed by atoms with Crippen molar-refractivity contribution in [2.45, 2.75) is 33.1 Å². The zero-order valence-corrected chi connectivity index (χ0v) is 18.7. The van der Waals surface area contributed by atoms with Crippen LogP contribution < -0.4 is 5.32 Å². The van der Waals surface area contributed by atoms with Crippen LogP contribution in [0.5, 0.6) is 0 Å². The average Bonchev–Trinajstić information content (AvgIpc) is 3.35. The number of furan rings is 1. The van der Waals surface area contributed by atoms with E-state index in [0.717, 1.165) is 31.7 Å². The van der Waals surface area contributed by atoms with E-state index in [-0.39, 0.29) is 12.5 Å². The number of amides is 1. The van der Waals surface area contributed by atoms with E-state index in [1.165, 1.54) is 17.8 Å². The van der Waals surface area contributed by atoms with Crippen molar-refractivity contribution in [3.8, 4) is 11.3 Å². The summed E-state index contributed by atoms with van der Waals surface area (Å²) in [6, 6.07) is 3.66. The molecule has 10 nitrogen and oxygen atoms in total. The summed E-state index contributed by atoms with van der Waals surface area (Å²) in [5.41, 5.74) is 1.01.